The van der Waals surface area contributed by atoms with Crippen LogP contribution in [-0.4, -0.2) is 6.09 Å². The summed E-state index contributed by atoms with van der Waals surface area (Å²) in [6, 6.07) is 14.7. The van der Waals surface area contributed by atoms with Gasteiger partial charge in [-0.25, -0.2) is 4.79 Å². The smallest absolute Gasteiger partial charge is 0.407 e. The lowest BCUT2D eigenvalue weighted by Crippen LogP contribution is -2.23. The van der Waals surface area contributed by atoms with E-state index >= 15 is 0 Å². The molecule has 1 amide bonds. The Labute approximate surface area is 117 Å². The fraction of sp³-hybridized carbons (Fsp3) is 0.133. The second-order valence-electron chi connectivity index (χ2n) is 4.42. The Morgan fingerprint density at radius 2 is 1.65 bits per heavy atom. The number of amides is 1. The van der Waals surface area contributed by atoms with Crippen LogP contribution in [0.4, 0.5) is 16.2 Å². The minimum Gasteiger partial charge on any atom is -0.445 e. The van der Waals surface area contributed by atoms with Crippen molar-refractivity contribution in [3.8, 4) is 0 Å². The molecule has 0 aromatic heterocycles. The zero-order valence-corrected chi connectivity index (χ0v) is 11.0. The number of nitrogens with two attached hydrogens (primary N) is 2. The molecule has 2 aromatic rings. The molecule has 0 aliphatic carbocycles. The molecule has 0 fully saturated rings. The summed E-state index contributed by atoms with van der Waals surface area (Å²) in [5.41, 5.74) is 14.3. The van der Waals surface area contributed by atoms with Gasteiger partial charge in [0.2, 0.25) is 0 Å². The summed E-state index contributed by atoms with van der Waals surface area (Å²) < 4.78 is 5.10. The molecule has 104 valence electrons. The van der Waals surface area contributed by atoms with Crippen molar-refractivity contribution in [2.75, 3.05) is 11.5 Å². The van der Waals surface area contributed by atoms with Gasteiger partial charge in [0.1, 0.15) is 6.61 Å². The fourth-order valence-corrected chi connectivity index (χ4v) is 1.80. The van der Waals surface area contributed by atoms with Crippen molar-refractivity contribution in [3.63, 3.8) is 0 Å². The zero-order valence-electron chi connectivity index (χ0n) is 11.0. The number of nitrogen functional groups attached to an aromatic ring is 2. The quantitative estimate of drug-likeness (QED) is 0.744. The van der Waals surface area contributed by atoms with Gasteiger partial charge in [0.25, 0.3) is 0 Å². The topological polar surface area (TPSA) is 90.4 Å². The largest absolute Gasteiger partial charge is 0.445 e. The molecule has 0 heterocycles. The molecule has 0 bridgehead atoms. The molecule has 2 aromatic carbocycles. The first kappa shape index (κ1) is 13.7. The first-order chi connectivity index (χ1) is 9.63. The third-order valence-electron chi connectivity index (χ3n) is 2.69. The minimum atomic E-state index is -0.477. The predicted molar refractivity (Wildman–Crippen MR) is 78.7 cm³/mol. The van der Waals surface area contributed by atoms with Crippen LogP contribution in [0.2, 0.25) is 0 Å². The van der Waals surface area contributed by atoms with Gasteiger partial charge in [0, 0.05) is 17.9 Å². The number of carbonyl (C=O) groups excluding carboxylic acids is 1. The Morgan fingerprint density at radius 1 is 1.00 bits per heavy atom. The normalized spacial score (nSPS) is 10.0. The van der Waals surface area contributed by atoms with Crippen LogP contribution >= 0.6 is 0 Å². The average Bonchev–Trinajstić information content (AvgIpc) is 2.43. The van der Waals surface area contributed by atoms with Gasteiger partial charge in [-0.15, -0.1) is 0 Å². The number of rotatable bonds is 4. The number of nitrogens with one attached hydrogen (secondary N) is 1. The second kappa shape index (κ2) is 6.47. The molecule has 0 saturated heterocycles. The van der Waals surface area contributed by atoms with Crippen molar-refractivity contribution in [1.29, 1.82) is 0 Å². The number of hydrogen-bond acceptors (Lipinski definition) is 4. The molecular formula is C15H17N3O2. The van der Waals surface area contributed by atoms with E-state index in [1.165, 1.54) is 0 Å². The highest BCUT2D eigenvalue weighted by Gasteiger charge is 2.03. The molecule has 0 spiro atoms. The average molecular weight is 271 g/mol. The molecule has 0 atom stereocenters. The summed E-state index contributed by atoms with van der Waals surface area (Å²) in [4.78, 5) is 11.6. The highest BCUT2D eigenvalue weighted by atomic mass is 16.5. The Hall–Kier alpha value is -2.69. The lowest BCUT2D eigenvalue weighted by atomic mass is 10.2. The van der Waals surface area contributed by atoms with Crippen LogP contribution in [-0.2, 0) is 17.9 Å². The maximum Gasteiger partial charge on any atom is 0.407 e. The van der Waals surface area contributed by atoms with Crippen LogP contribution in [0.3, 0.4) is 0 Å². The van der Waals surface area contributed by atoms with Gasteiger partial charge >= 0.3 is 6.09 Å². The molecule has 0 aliphatic heterocycles. The highest BCUT2D eigenvalue weighted by Crippen LogP contribution is 2.13. The Morgan fingerprint density at radius 3 is 2.30 bits per heavy atom. The summed E-state index contributed by atoms with van der Waals surface area (Å²) in [5, 5.41) is 2.65. The third-order valence-corrected chi connectivity index (χ3v) is 2.69. The summed E-state index contributed by atoms with van der Waals surface area (Å²) in [7, 11) is 0. The Balaban J connectivity index is 1.80. The van der Waals surface area contributed by atoms with Gasteiger partial charge in [0.15, 0.2) is 0 Å². The number of hydrogen-bond donors (Lipinski definition) is 3. The molecule has 0 saturated carbocycles. The molecule has 5 nitrogen and oxygen atoms in total. The summed E-state index contributed by atoms with van der Waals surface area (Å²) in [5.74, 6) is 0. The van der Waals surface area contributed by atoms with Crippen molar-refractivity contribution in [1.82, 2.24) is 5.32 Å². The Kier molecular flexibility index (Phi) is 4.44. The van der Waals surface area contributed by atoms with E-state index in [-0.39, 0.29) is 6.61 Å². The van der Waals surface area contributed by atoms with Gasteiger partial charge < -0.3 is 21.5 Å². The lowest BCUT2D eigenvalue weighted by molar-refractivity contribution is 0.139. The zero-order chi connectivity index (χ0) is 14.4. The number of carbonyl (C=O) groups is 1. The van der Waals surface area contributed by atoms with Crippen molar-refractivity contribution < 1.29 is 9.53 Å². The van der Waals surface area contributed by atoms with Gasteiger partial charge in [0.05, 0.1) is 0 Å². The number of anilines is 2. The molecule has 5 N–H and O–H groups in total. The van der Waals surface area contributed by atoms with Crippen molar-refractivity contribution >= 4 is 17.5 Å². The van der Waals surface area contributed by atoms with Crippen molar-refractivity contribution in [3.05, 3.63) is 59.7 Å². The molecule has 20 heavy (non-hydrogen) atoms. The van der Waals surface area contributed by atoms with Crippen LogP contribution in [0.15, 0.2) is 48.5 Å². The van der Waals surface area contributed by atoms with E-state index in [0.717, 1.165) is 11.1 Å². The van der Waals surface area contributed by atoms with Gasteiger partial charge in [-0.1, -0.05) is 30.3 Å². The van der Waals surface area contributed by atoms with E-state index in [2.05, 4.69) is 5.32 Å². The number of benzene rings is 2. The standard InChI is InChI=1S/C15H17N3O2/c16-13-6-12(7-14(17)8-13)9-18-15(19)20-10-11-4-2-1-3-5-11/h1-8H,9-10,16-17H2,(H,18,19). The highest BCUT2D eigenvalue weighted by molar-refractivity contribution is 5.67. The van der Waals surface area contributed by atoms with E-state index in [1.54, 1.807) is 18.2 Å². The van der Waals surface area contributed by atoms with Crippen LogP contribution in [0.1, 0.15) is 11.1 Å². The first-order valence-corrected chi connectivity index (χ1v) is 6.23. The summed E-state index contributed by atoms with van der Waals surface area (Å²) in [6.07, 6.45) is -0.477. The van der Waals surface area contributed by atoms with Gasteiger partial charge in [-0.05, 0) is 29.3 Å². The van der Waals surface area contributed by atoms with E-state index in [4.69, 9.17) is 16.2 Å². The van der Waals surface area contributed by atoms with E-state index < -0.39 is 6.09 Å². The van der Waals surface area contributed by atoms with E-state index in [0.29, 0.717) is 17.9 Å². The Bertz CT molecular complexity index is 565. The molecule has 5 heteroatoms. The molecular weight excluding hydrogens is 254 g/mol. The molecule has 0 radical (unpaired) electrons. The summed E-state index contributed by atoms with van der Waals surface area (Å²) >= 11 is 0. The molecule has 2 rings (SSSR count). The van der Waals surface area contributed by atoms with Gasteiger partial charge in [-0.3, -0.25) is 0 Å². The third kappa shape index (κ3) is 4.20. The van der Waals surface area contributed by atoms with Crippen LogP contribution in [0.5, 0.6) is 0 Å². The number of alkyl carbamates (subject to hydrolysis) is 1. The maximum absolute atomic E-state index is 11.6. The minimum absolute atomic E-state index is 0.242. The molecule has 0 unspecified atom stereocenters. The first-order valence-electron chi connectivity index (χ1n) is 6.23. The van der Waals surface area contributed by atoms with E-state index in [9.17, 15) is 4.79 Å². The number of ether oxygens (including phenoxy) is 1. The SMILES string of the molecule is Nc1cc(N)cc(CNC(=O)OCc2ccccc2)c1. The maximum atomic E-state index is 11.6. The monoisotopic (exact) mass is 271 g/mol. The van der Waals surface area contributed by atoms with Gasteiger partial charge in [-0.2, -0.15) is 0 Å². The molecule has 0 aliphatic rings. The second-order valence-corrected chi connectivity index (χ2v) is 4.42. The van der Waals surface area contributed by atoms with Crippen LogP contribution < -0.4 is 16.8 Å². The van der Waals surface area contributed by atoms with Crippen LogP contribution in [0, 0.1) is 0 Å². The lowest BCUT2D eigenvalue weighted by Gasteiger charge is -2.08. The van der Waals surface area contributed by atoms with Crippen LogP contribution in [0.25, 0.3) is 0 Å². The summed E-state index contributed by atoms with van der Waals surface area (Å²) in [6.45, 7) is 0.564. The van der Waals surface area contributed by atoms with E-state index in [1.807, 2.05) is 30.3 Å². The fourth-order valence-electron chi connectivity index (χ4n) is 1.80. The van der Waals surface area contributed by atoms with Crippen molar-refractivity contribution in [2.24, 2.45) is 0 Å². The van der Waals surface area contributed by atoms with Crippen molar-refractivity contribution in [2.45, 2.75) is 13.2 Å². The predicted octanol–water partition coefficient (Wildman–Crippen LogP) is 2.28.